The van der Waals surface area contributed by atoms with Gasteiger partial charge in [-0.05, 0) is 65.7 Å². The number of carbonyl (C=O) groups excluding carboxylic acids is 1. The minimum Gasteiger partial charge on any atom is -0.306 e. The number of H-pyrrole nitrogens is 2. The molecule has 31 heavy (non-hydrogen) atoms. The van der Waals surface area contributed by atoms with Crippen LogP contribution in [0.5, 0.6) is 0 Å². The molecule has 1 aliphatic heterocycles. The Labute approximate surface area is 182 Å². The van der Waals surface area contributed by atoms with Crippen LogP contribution in [0.15, 0.2) is 47.3 Å². The fourth-order valence-corrected chi connectivity index (χ4v) is 4.31. The Morgan fingerprint density at radius 1 is 1.13 bits per heavy atom. The van der Waals surface area contributed by atoms with Crippen LogP contribution in [0.2, 0.25) is 5.02 Å². The molecule has 3 heterocycles. The highest BCUT2D eigenvalue weighted by atomic mass is 35.5. The second kappa shape index (κ2) is 8.09. The molecule has 1 fully saturated rings. The van der Waals surface area contributed by atoms with E-state index in [1.165, 1.54) is 0 Å². The van der Waals surface area contributed by atoms with Crippen LogP contribution < -0.4 is 5.69 Å². The number of likely N-dealkylation sites (tertiary alicyclic amines) is 1. The molecule has 5 rings (SSSR count). The lowest BCUT2D eigenvalue weighted by molar-refractivity contribution is 0.0898. The van der Waals surface area contributed by atoms with Crippen molar-refractivity contribution >= 4 is 28.4 Å². The molecule has 0 saturated carbocycles. The van der Waals surface area contributed by atoms with Crippen molar-refractivity contribution in [3.63, 3.8) is 0 Å². The summed E-state index contributed by atoms with van der Waals surface area (Å²) in [6.45, 7) is 1.88. The molecule has 10 heteroatoms. The number of fused-ring (bicyclic) bond motifs is 1. The van der Waals surface area contributed by atoms with Crippen molar-refractivity contribution in [3.8, 4) is 11.4 Å². The van der Waals surface area contributed by atoms with Crippen LogP contribution in [0, 0.1) is 0 Å². The summed E-state index contributed by atoms with van der Waals surface area (Å²) in [5, 5.41) is 14.4. The minimum atomic E-state index is -0.126. The lowest BCUT2D eigenvalue weighted by Gasteiger charge is -2.32. The predicted molar refractivity (Wildman–Crippen MR) is 116 cm³/mol. The number of Topliss-reactive ketones (excluding diaryl/α,β-unsaturated/α-hetero) is 1. The van der Waals surface area contributed by atoms with Crippen LogP contribution in [0.3, 0.4) is 0 Å². The Bertz CT molecular complexity index is 1270. The largest absolute Gasteiger partial charge is 0.326 e. The number of tetrazole rings is 1. The van der Waals surface area contributed by atoms with Gasteiger partial charge in [0.1, 0.15) is 0 Å². The number of hydrogen-bond acceptors (Lipinski definition) is 6. The van der Waals surface area contributed by atoms with Gasteiger partial charge in [0.15, 0.2) is 11.6 Å². The molecule has 0 atom stereocenters. The molecular weight excluding hydrogens is 418 g/mol. The molecule has 0 amide bonds. The van der Waals surface area contributed by atoms with E-state index in [9.17, 15) is 9.59 Å². The third kappa shape index (κ3) is 3.89. The van der Waals surface area contributed by atoms with Crippen LogP contribution in [0.1, 0.15) is 29.2 Å². The van der Waals surface area contributed by atoms with E-state index in [1.54, 1.807) is 24.3 Å². The first-order chi connectivity index (χ1) is 15.1. The molecule has 0 unspecified atom stereocenters. The number of imidazole rings is 1. The van der Waals surface area contributed by atoms with Gasteiger partial charge in [-0.1, -0.05) is 11.6 Å². The van der Waals surface area contributed by atoms with Gasteiger partial charge in [-0.15, -0.1) is 5.10 Å². The Hall–Kier alpha value is -3.30. The van der Waals surface area contributed by atoms with Crippen molar-refractivity contribution in [2.24, 2.45) is 0 Å². The fraction of sp³-hybridized carbons (Fsp3) is 0.286. The molecule has 2 aromatic carbocycles. The monoisotopic (exact) mass is 437 g/mol. The van der Waals surface area contributed by atoms with Crippen LogP contribution in [0.25, 0.3) is 22.4 Å². The minimum absolute atomic E-state index is 0.0776. The number of aromatic nitrogens is 6. The summed E-state index contributed by atoms with van der Waals surface area (Å²) in [5.74, 6) is 0.628. The Balaban J connectivity index is 1.29. The van der Waals surface area contributed by atoms with E-state index in [4.69, 9.17) is 11.6 Å². The zero-order valence-corrected chi connectivity index (χ0v) is 17.3. The quantitative estimate of drug-likeness (QED) is 0.464. The third-order valence-electron chi connectivity index (χ3n) is 5.79. The summed E-state index contributed by atoms with van der Waals surface area (Å²) < 4.78 is 1.83. The van der Waals surface area contributed by atoms with Crippen molar-refractivity contribution in [2.75, 3.05) is 19.6 Å². The van der Waals surface area contributed by atoms with Crippen molar-refractivity contribution in [2.45, 2.75) is 18.9 Å². The number of carbonyl (C=O) groups is 1. The lowest BCUT2D eigenvalue weighted by Crippen LogP contribution is -2.39. The van der Waals surface area contributed by atoms with Gasteiger partial charge in [0.05, 0.1) is 17.6 Å². The second-order valence-corrected chi connectivity index (χ2v) is 8.16. The molecule has 0 bridgehead atoms. The van der Waals surface area contributed by atoms with E-state index < -0.39 is 0 Å². The van der Waals surface area contributed by atoms with E-state index >= 15 is 0 Å². The molecule has 1 aliphatic rings. The third-order valence-corrected chi connectivity index (χ3v) is 6.04. The van der Waals surface area contributed by atoms with Crippen LogP contribution >= 0.6 is 11.6 Å². The van der Waals surface area contributed by atoms with E-state index in [1.807, 2.05) is 22.8 Å². The normalized spacial score (nSPS) is 15.5. The highest BCUT2D eigenvalue weighted by molar-refractivity contribution is 6.30. The SMILES string of the molecule is O=C(CN1CCC(n2c(=O)[nH]c3cc(-c4nnn[nH]4)ccc32)CC1)c1ccc(Cl)cc1. The molecule has 0 aliphatic carbocycles. The molecule has 1 saturated heterocycles. The zero-order valence-electron chi connectivity index (χ0n) is 16.6. The Morgan fingerprint density at radius 2 is 1.90 bits per heavy atom. The van der Waals surface area contributed by atoms with Crippen molar-refractivity contribution < 1.29 is 4.79 Å². The topological polar surface area (TPSA) is 113 Å². The van der Waals surface area contributed by atoms with Gasteiger partial charge in [0, 0.05) is 35.3 Å². The predicted octanol–water partition coefficient (Wildman–Crippen LogP) is 2.68. The first-order valence-corrected chi connectivity index (χ1v) is 10.5. The maximum Gasteiger partial charge on any atom is 0.326 e. The number of nitrogens with zero attached hydrogens (tertiary/aromatic N) is 5. The van der Waals surface area contributed by atoms with Gasteiger partial charge in [-0.2, -0.15) is 0 Å². The number of halogens is 1. The molecule has 2 N–H and O–H groups in total. The van der Waals surface area contributed by atoms with Gasteiger partial charge < -0.3 is 4.98 Å². The summed E-state index contributed by atoms with van der Waals surface area (Å²) in [6, 6.07) is 12.7. The number of aromatic amines is 2. The summed E-state index contributed by atoms with van der Waals surface area (Å²) in [6.07, 6.45) is 1.60. The second-order valence-electron chi connectivity index (χ2n) is 7.72. The van der Waals surface area contributed by atoms with Crippen molar-refractivity contribution in [3.05, 3.63) is 63.5 Å². The zero-order chi connectivity index (χ0) is 21.4. The van der Waals surface area contributed by atoms with Gasteiger partial charge in [0.2, 0.25) is 0 Å². The van der Waals surface area contributed by atoms with E-state index in [0.29, 0.717) is 23.0 Å². The van der Waals surface area contributed by atoms with Crippen LogP contribution in [-0.4, -0.2) is 60.5 Å². The van der Waals surface area contributed by atoms with Gasteiger partial charge in [-0.3, -0.25) is 14.3 Å². The summed E-state index contributed by atoms with van der Waals surface area (Å²) in [5.41, 5.74) is 2.95. The number of hydrogen-bond donors (Lipinski definition) is 2. The maximum atomic E-state index is 12.7. The molecular formula is C21H20ClN7O2. The van der Waals surface area contributed by atoms with Gasteiger partial charge in [0.25, 0.3) is 0 Å². The first kappa shape index (κ1) is 19.7. The summed E-state index contributed by atoms with van der Waals surface area (Å²) in [7, 11) is 0. The standard InChI is InChI=1S/C21H20ClN7O2/c22-15-4-1-13(2-5-15)19(30)12-28-9-7-16(8-10-28)29-18-6-3-14(20-24-26-27-25-20)11-17(18)23-21(29)31/h1-6,11,16H,7-10,12H2,(H,23,31)(H,24,25,26,27). The number of rotatable bonds is 5. The lowest BCUT2D eigenvalue weighted by atomic mass is 10.0. The number of ketones is 1. The molecule has 4 aromatic rings. The number of benzene rings is 2. The van der Waals surface area contributed by atoms with E-state index in [-0.39, 0.29) is 17.5 Å². The fourth-order valence-electron chi connectivity index (χ4n) is 4.19. The average Bonchev–Trinajstić information content (AvgIpc) is 3.42. The highest BCUT2D eigenvalue weighted by Gasteiger charge is 2.25. The number of nitrogens with one attached hydrogen (secondary N) is 2. The van der Waals surface area contributed by atoms with Crippen molar-refractivity contribution in [1.82, 2.24) is 35.1 Å². The highest BCUT2D eigenvalue weighted by Crippen LogP contribution is 2.27. The molecule has 2 aromatic heterocycles. The molecule has 0 spiro atoms. The van der Waals surface area contributed by atoms with Crippen LogP contribution in [0.4, 0.5) is 0 Å². The first-order valence-electron chi connectivity index (χ1n) is 10.1. The van der Waals surface area contributed by atoms with E-state index in [0.717, 1.165) is 42.5 Å². The molecule has 9 nitrogen and oxygen atoms in total. The Morgan fingerprint density at radius 3 is 2.61 bits per heavy atom. The smallest absolute Gasteiger partial charge is 0.306 e. The van der Waals surface area contributed by atoms with Crippen LogP contribution in [-0.2, 0) is 0 Å². The summed E-state index contributed by atoms with van der Waals surface area (Å²) in [4.78, 5) is 30.3. The summed E-state index contributed by atoms with van der Waals surface area (Å²) >= 11 is 5.90. The average molecular weight is 438 g/mol. The van der Waals surface area contributed by atoms with E-state index in [2.05, 4.69) is 30.5 Å². The van der Waals surface area contributed by atoms with Gasteiger partial charge >= 0.3 is 5.69 Å². The molecule has 158 valence electrons. The maximum absolute atomic E-state index is 12.7. The van der Waals surface area contributed by atoms with Gasteiger partial charge in [-0.25, -0.2) is 9.89 Å². The van der Waals surface area contributed by atoms with Crippen molar-refractivity contribution in [1.29, 1.82) is 0 Å². The Kier molecular flexibility index (Phi) is 5.13. The molecule has 0 radical (unpaired) electrons. The number of piperidine rings is 1.